The van der Waals surface area contributed by atoms with E-state index in [9.17, 15) is 8.42 Å². The molecule has 1 saturated heterocycles. The van der Waals surface area contributed by atoms with Crippen LogP contribution in [0.15, 0.2) is 17.3 Å². The summed E-state index contributed by atoms with van der Waals surface area (Å²) in [6.07, 6.45) is 4.72. The third-order valence-corrected chi connectivity index (χ3v) is 5.67. The van der Waals surface area contributed by atoms with Crippen molar-refractivity contribution < 1.29 is 8.42 Å². The number of rotatable bonds is 7. The minimum atomic E-state index is -3.50. The normalized spacial score (nSPS) is 19.1. The second-order valence-electron chi connectivity index (χ2n) is 4.75. The van der Waals surface area contributed by atoms with Gasteiger partial charge in [0.25, 0.3) is 0 Å². The van der Waals surface area contributed by atoms with Crippen molar-refractivity contribution in [3.8, 4) is 0 Å². The van der Waals surface area contributed by atoms with Crippen molar-refractivity contribution in [3.05, 3.63) is 12.4 Å². The Morgan fingerprint density at radius 1 is 1.40 bits per heavy atom. The summed E-state index contributed by atoms with van der Waals surface area (Å²) in [4.78, 5) is 8.15. The lowest BCUT2D eigenvalue weighted by Crippen LogP contribution is -2.29. The monoisotopic (exact) mass is 316 g/mol. The van der Waals surface area contributed by atoms with Gasteiger partial charge in [-0.3, -0.25) is 0 Å². The predicted molar refractivity (Wildman–Crippen MR) is 81.4 cm³/mol. The fourth-order valence-corrected chi connectivity index (χ4v) is 4.13. The molecule has 112 valence electrons. The Kier molecular flexibility index (Phi) is 5.62. The van der Waals surface area contributed by atoms with Crippen LogP contribution in [0.3, 0.4) is 0 Å². The van der Waals surface area contributed by atoms with Gasteiger partial charge < -0.3 is 5.32 Å². The molecule has 0 radical (unpaired) electrons. The summed E-state index contributed by atoms with van der Waals surface area (Å²) in [5.74, 6) is 3.03. The highest BCUT2D eigenvalue weighted by Crippen LogP contribution is 2.23. The first-order valence-electron chi connectivity index (χ1n) is 6.75. The van der Waals surface area contributed by atoms with Crippen molar-refractivity contribution >= 4 is 27.7 Å². The Morgan fingerprint density at radius 3 is 2.75 bits per heavy atom. The van der Waals surface area contributed by atoms with E-state index < -0.39 is 10.0 Å². The number of anilines is 1. The molecule has 0 bridgehead atoms. The van der Waals surface area contributed by atoms with Gasteiger partial charge in [0.15, 0.2) is 0 Å². The van der Waals surface area contributed by atoms with E-state index in [1.807, 2.05) is 18.7 Å². The quantitative estimate of drug-likeness (QED) is 0.789. The Bertz CT molecular complexity index is 513. The molecule has 0 saturated carbocycles. The van der Waals surface area contributed by atoms with Crippen LogP contribution in [0.25, 0.3) is 0 Å². The minimum Gasteiger partial charge on any atom is -0.354 e. The van der Waals surface area contributed by atoms with Crippen LogP contribution in [0, 0.1) is 5.92 Å². The van der Waals surface area contributed by atoms with Crippen LogP contribution in [-0.4, -0.2) is 43.0 Å². The third kappa shape index (κ3) is 4.32. The number of sulfonamides is 1. The molecule has 1 aromatic rings. The molecule has 1 aliphatic rings. The molecule has 0 spiro atoms. The predicted octanol–water partition coefficient (Wildman–Crippen LogP) is 1.33. The van der Waals surface area contributed by atoms with E-state index in [1.165, 1.54) is 12.4 Å². The van der Waals surface area contributed by atoms with Crippen LogP contribution in [-0.2, 0) is 10.0 Å². The van der Waals surface area contributed by atoms with E-state index in [0.29, 0.717) is 18.4 Å². The van der Waals surface area contributed by atoms with Gasteiger partial charge in [-0.05, 0) is 30.3 Å². The lowest BCUT2D eigenvalue weighted by molar-refractivity contribution is 0.545. The Morgan fingerprint density at radius 2 is 2.15 bits per heavy atom. The summed E-state index contributed by atoms with van der Waals surface area (Å²) in [6.45, 7) is 3.30. The van der Waals surface area contributed by atoms with Crippen LogP contribution in [0.5, 0.6) is 0 Å². The van der Waals surface area contributed by atoms with Crippen LogP contribution in [0.4, 0.5) is 5.95 Å². The fourth-order valence-electron chi connectivity index (χ4n) is 1.84. The number of nitrogens with one attached hydrogen (secondary N) is 2. The summed E-state index contributed by atoms with van der Waals surface area (Å²) >= 11 is 1.87. The summed E-state index contributed by atoms with van der Waals surface area (Å²) in [6, 6.07) is 0. The first kappa shape index (κ1) is 15.5. The lowest BCUT2D eigenvalue weighted by atomic mass is 10.1. The second kappa shape index (κ2) is 7.24. The number of nitrogens with zero attached hydrogens (tertiary/aromatic N) is 2. The molecule has 2 N–H and O–H groups in total. The van der Waals surface area contributed by atoms with Gasteiger partial charge in [0.1, 0.15) is 4.90 Å². The van der Waals surface area contributed by atoms with Gasteiger partial charge in [-0.25, -0.2) is 23.1 Å². The molecule has 0 aliphatic carbocycles. The molecule has 2 rings (SSSR count). The largest absolute Gasteiger partial charge is 0.354 e. The molecule has 0 aromatic carbocycles. The topological polar surface area (TPSA) is 84.0 Å². The van der Waals surface area contributed by atoms with Gasteiger partial charge in [0.05, 0.1) is 12.4 Å². The van der Waals surface area contributed by atoms with Crippen LogP contribution in [0.2, 0.25) is 0 Å². The zero-order valence-electron chi connectivity index (χ0n) is 11.5. The molecule has 1 aromatic heterocycles. The molecule has 2 heterocycles. The summed E-state index contributed by atoms with van der Waals surface area (Å²) in [5, 5.41) is 3.01. The molecule has 0 amide bonds. The first-order chi connectivity index (χ1) is 9.62. The molecular weight excluding hydrogens is 296 g/mol. The fraction of sp³-hybridized carbons (Fsp3) is 0.667. The van der Waals surface area contributed by atoms with Crippen molar-refractivity contribution in [3.63, 3.8) is 0 Å². The standard InChI is InChI=1S/C12H20N4O2S2/c1-2-4-13-12-14-7-11(8-15-12)20(17,18)16-6-10-3-5-19-9-10/h7-8,10,16H,2-6,9H2,1H3,(H,13,14,15). The van der Waals surface area contributed by atoms with Crippen molar-refractivity contribution in [2.45, 2.75) is 24.7 Å². The van der Waals surface area contributed by atoms with Crippen molar-refractivity contribution in [1.29, 1.82) is 0 Å². The van der Waals surface area contributed by atoms with E-state index in [0.717, 1.165) is 30.9 Å². The second-order valence-corrected chi connectivity index (χ2v) is 7.67. The first-order valence-corrected chi connectivity index (χ1v) is 9.39. The highest BCUT2D eigenvalue weighted by molar-refractivity contribution is 7.99. The van der Waals surface area contributed by atoms with E-state index in [2.05, 4.69) is 20.0 Å². The highest BCUT2D eigenvalue weighted by atomic mass is 32.2. The Labute approximate surface area is 124 Å². The summed E-state index contributed by atoms with van der Waals surface area (Å²) in [5.41, 5.74) is 0. The Balaban J connectivity index is 1.94. The van der Waals surface area contributed by atoms with Gasteiger partial charge in [-0.15, -0.1) is 0 Å². The SMILES string of the molecule is CCCNc1ncc(S(=O)(=O)NCC2CCSC2)cn1. The molecule has 1 aliphatic heterocycles. The maximum absolute atomic E-state index is 12.1. The van der Waals surface area contributed by atoms with Crippen LogP contribution in [0.1, 0.15) is 19.8 Å². The molecule has 1 atom stereocenters. The zero-order chi connectivity index (χ0) is 14.4. The highest BCUT2D eigenvalue weighted by Gasteiger charge is 2.20. The van der Waals surface area contributed by atoms with E-state index >= 15 is 0 Å². The summed E-state index contributed by atoms with van der Waals surface area (Å²) in [7, 11) is -3.50. The maximum Gasteiger partial charge on any atom is 0.243 e. The third-order valence-electron chi connectivity index (χ3n) is 3.06. The van der Waals surface area contributed by atoms with Crippen molar-refractivity contribution in [2.24, 2.45) is 5.92 Å². The number of hydrogen-bond acceptors (Lipinski definition) is 6. The Hall–Kier alpha value is -0.860. The molecule has 6 nitrogen and oxygen atoms in total. The number of aromatic nitrogens is 2. The zero-order valence-corrected chi connectivity index (χ0v) is 13.1. The molecule has 1 unspecified atom stereocenters. The smallest absolute Gasteiger partial charge is 0.243 e. The summed E-state index contributed by atoms with van der Waals surface area (Å²) < 4.78 is 26.8. The molecule has 20 heavy (non-hydrogen) atoms. The molecule has 8 heteroatoms. The van der Waals surface area contributed by atoms with Gasteiger partial charge in [0.2, 0.25) is 16.0 Å². The maximum atomic E-state index is 12.1. The van der Waals surface area contributed by atoms with Gasteiger partial charge in [-0.2, -0.15) is 11.8 Å². The average molecular weight is 316 g/mol. The van der Waals surface area contributed by atoms with Gasteiger partial charge >= 0.3 is 0 Å². The van der Waals surface area contributed by atoms with Gasteiger partial charge in [0, 0.05) is 13.1 Å². The van der Waals surface area contributed by atoms with E-state index in [4.69, 9.17) is 0 Å². The molecule has 1 fully saturated rings. The minimum absolute atomic E-state index is 0.116. The van der Waals surface area contributed by atoms with Crippen LogP contribution < -0.4 is 10.0 Å². The van der Waals surface area contributed by atoms with Crippen LogP contribution >= 0.6 is 11.8 Å². The van der Waals surface area contributed by atoms with Crippen molar-refractivity contribution in [1.82, 2.24) is 14.7 Å². The number of hydrogen-bond donors (Lipinski definition) is 2. The van der Waals surface area contributed by atoms with Gasteiger partial charge in [-0.1, -0.05) is 6.92 Å². The molecular formula is C12H20N4O2S2. The van der Waals surface area contributed by atoms with Crippen molar-refractivity contribution in [2.75, 3.05) is 29.9 Å². The lowest BCUT2D eigenvalue weighted by Gasteiger charge is -2.10. The van der Waals surface area contributed by atoms with E-state index in [-0.39, 0.29) is 4.90 Å². The average Bonchev–Trinajstić information content (AvgIpc) is 2.97. The number of thioether (sulfide) groups is 1. The van der Waals surface area contributed by atoms with E-state index in [1.54, 1.807) is 0 Å².